The van der Waals surface area contributed by atoms with Gasteiger partial charge in [-0.15, -0.1) is 0 Å². The predicted octanol–water partition coefficient (Wildman–Crippen LogP) is 3.90. The van der Waals surface area contributed by atoms with Gasteiger partial charge in [0.15, 0.2) is 0 Å². The Hall–Kier alpha value is -2.20. The molecule has 1 N–H and O–H groups in total. The van der Waals surface area contributed by atoms with Crippen LogP contribution in [0.15, 0.2) is 41.0 Å². The van der Waals surface area contributed by atoms with Gasteiger partial charge in [-0.05, 0) is 36.8 Å². The highest BCUT2D eigenvalue weighted by atomic mass is 35.5. The Morgan fingerprint density at radius 3 is 2.90 bits per heavy atom. The van der Waals surface area contributed by atoms with Crippen LogP contribution in [0.1, 0.15) is 11.3 Å². The molecule has 1 aromatic heterocycles. The zero-order valence-electron chi connectivity index (χ0n) is 11.1. The molecule has 0 saturated heterocycles. The fraction of sp³-hybridized carbons (Fsp3) is 0.133. The van der Waals surface area contributed by atoms with Crippen LogP contribution in [0.5, 0.6) is 5.75 Å². The SMILES string of the molecule is COc1cc(Cl)c(C)cc1NC(=O)C=Cc1ccco1. The molecule has 0 bridgehead atoms. The van der Waals surface area contributed by atoms with Crippen molar-refractivity contribution in [2.75, 3.05) is 12.4 Å². The monoisotopic (exact) mass is 291 g/mol. The minimum Gasteiger partial charge on any atom is -0.495 e. The van der Waals surface area contributed by atoms with E-state index in [2.05, 4.69) is 5.32 Å². The number of hydrogen-bond acceptors (Lipinski definition) is 3. The van der Waals surface area contributed by atoms with Gasteiger partial charge < -0.3 is 14.5 Å². The maximum atomic E-state index is 11.8. The van der Waals surface area contributed by atoms with Crippen LogP contribution in [0, 0.1) is 6.92 Å². The Balaban J connectivity index is 2.13. The molecule has 1 amide bonds. The molecule has 2 aromatic rings. The molecule has 20 heavy (non-hydrogen) atoms. The first-order valence-corrected chi connectivity index (χ1v) is 6.34. The zero-order chi connectivity index (χ0) is 14.5. The van der Waals surface area contributed by atoms with Crippen molar-refractivity contribution < 1.29 is 13.9 Å². The van der Waals surface area contributed by atoms with E-state index in [0.717, 1.165) is 5.56 Å². The summed E-state index contributed by atoms with van der Waals surface area (Å²) in [5.74, 6) is 0.848. The Morgan fingerprint density at radius 2 is 2.25 bits per heavy atom. The fourth-order valence-electron chi connectivity index (χ4n) is 1.65. The molecule has 0 saturated carbocycles. The lowest BCUT2D eigenvalue weighted by Crippen LogP contribution is -2.09. The van der Waals surface area contributed by atoms with Crippen LogP contribution in [0.2, 0.25) is 5.02 Å². The lowest BCUT2D eigenvalue weighted by Gasteiger charge is -2.11. The van der Waals surface area contributed by atoms with Gasteiger partial charge in [0.2, 0.25) is 5.91 Å². The topological polar surface area (TPSA) is 51.5 Å². The van der Waals surface area contributed by atoms with E-state index in [1.54, 1.807) is 36.6 Å². The van der Waals surface area contributed by atoms with E-state index in [4.69, 9.17) is 20.8 Å². The second-order valence-corrected chi connectivity index (χ2v) is 4.55. The molecule has 1 heterocycles. The van der Waals surface area contributed by atoms with E-state index in [1.807, 2.05) is 6.92 Å². The number of furan rings is 1. The van der Waals surface area contributed by atoms with E-state index in [0.29, 0.717) is 22.2 Å². The van der Waals surface area contributed by atoms with Gasteiger partial charge in [-0.25, -0.2) is 0 Å². The average molecular weight is 292 g/mol. The summed E-state index contributed by atoms with van der Waals surface area (Å²) < 4.78 is 10.3. The summed E-state index contributed by atoms with van der Waals surface area (Å²) in [5.41, 5.74) is 1.43. The molecule has 0 aliphatic rings. The molecule has 0 fully saturated rings. The van der Waals surface area contributed by atoms with Crippen molar-refractivity contribution in [3.05, 3.63) is 53.0 Å². The molecule has 0 unspecified atom stereocenters. The van der Waals surface area contributed by atoms with Crippen LogP contribution < -0.4 is 10.1 Å². The number of anilines is 1. The van der Waals surface area contributed by atoms with Crippen molar-refractivity contribution in [2.45, 2.75) is 6.92 Å². The standard InChI is InChI=1S/C15H14ClNO3/c1-10-8-13(14(19-2)9-12(10)16)17-15(18)6-5-11-4-3-7-20-11/h3-9H,1-2H3,(H,17,18). The van der Waals surface area contributed by atoms with E-state index >= 15 is 0 Å². The van der Waals surface area contributed by atoms with Gasteiger partial charge in [0.1, 0.15) is 11.5 Å². The quantitative estimate of drug-likeness (QED) is 0.869. The van der Waals surface area contributed by atoms with E-state index in [9.17, 15) is 4.79 Å². The number of rotatable bonds is 4. The van der Waals surface area contributed by atoms with Crippen molar-refractivity contribution in [2.24, 2.45) is 0 Å². The number of methoxy groups -OCH3 is 1. The maximum Gasteiger partial charge on any atom is 0.248 e. The first kappa shape index (κ1) is 14.2. The number of amides is 1. The van der Waals surface area contributed by atoms with Crippen LogP contribution >= 0.6 is 11.6 Å². The summed E-state index contributed by atoms with van der Waals surface area (Å²) in [6.45, 7) is 1.86. The number of aryl methyl sites for hydroxylation is 1. The van der Waals surface area contributed by atoms with Crippen molar-refractivity contribution in [3.8, 4) is 5.75 Å². The Kier molecular flexibility index (Phi) is 4.48. The highest BCUT2D eigenvalue weighted by Gasteiger charge is 2.08. The molecule has 4 nitrogen and oxygen atoms in total. The molecule has 0 spiro atoms. The largest absolute Gasteiger partial charge is 0.495 e. The molecule has 1 aromatic carbocycles. The number of ether oxygens (including phenoxy) is 1. The number of halogens is 1. The van der Waals surface area contributed by atoms with Gasteiger partial charge >= 0.3 is 0 Å². The molecule has 2 rings (SSSR count). The summed E-state index contributed by atoms with van der Waals surface area (Å²) in [5, 5.41) is 3.33. The number of nitrogens with one attached hydrogen (secondary N) is 1. The number of carbonyl (C=O) groups excluding carboxylic acids is 1. The summed E-state index contributed by atoms with van der Waals surface area (Å²) in [6, 6.07) is 6.95. The van der Waals surface area contributed by atoms with Gasteiger partial charge in [-0.3, -0.25) is 4.79 Å². The summed E-state index contributed by atoms with van der Waals surface area (Å²) >= 11 is 6.01. The van der Waals surface area contributed by atoms with Crippen LogP contribution in [0.3, 0.4) is 0 Å². The predicted molar refractivity (Wildman–Crippen MR) is 79.1 cm³/mol. The second kappa shape index (κ2) is 6.30. The Labute approximate surface area is 122 Å². The molecular formula is C15H14ClNO3. The summed E-state index contributed by atoms with van der Waals surface area (Å²) in [6.07, 6.45) is 4.52. The first-order chi connectivity index (χ1) is 9.60. The Bertz CT molecular complexity index is 633. The highest BCUT2D eigenvalue weighted by Crippen LogP contribution is 2.30. The molecule has 0 aliphatic carbocycles. The van der Waals surface area contributed by atoms with Crippen molar-refractivity contribution >= 4 is 29.3 Å². The van der Waals surface area contributed by atoms with Crippen LogP contribution in [-0.4, -0.2) is 13.0 Å². The third-order valence-corrected chi connectivity index (χ3v) is 3.09. The molecule has 104 valence electrons. The lowest BCUT2D eigenvalue weighted by atomic mass is 10.2. The number of carbonyl (C=O) groups is 1. The van der Waals surface area contributed by atoms with E-state index < -0.39 is 0 Å². The first-order valence-electron chi connectivity index (χ1n) is 5.97. The van der Waals surface area contributed by atoms with Crippen molar-refractivity contribution in [1.29, 1.82) is 0 Å². The number of benzene rings is 1. The lowest BCUT2D eigenvalue weighted by molar-refractivity contribution is -0.111. The summed E-state index contributed by atoms with van der Waals surface area (Å²) in [4.78, 5) is 11.8. The normalized spacial score (nSPS) is 10.8. The van der Waals surface area contributed by atoms with Crippen molar-refractivity contribution in [1.82, 2.24) is 0 Å². The average Bonchev–Trinajstić information content (AvgIpc) is 2.93. The molecule has 0 atom stereocenters. The third kappa shape index (κ3) is 3.42. The van der Waals surface area contributed by atoms with Crippen LogP contribution in [0.4, 0.5) is 5.69 Å². The number of hydrogen-bond donors (Lipinski definition) is 1. The minimum absolute atomic E-state index is 0.276. The minimum atomic E-state index is -0.276. The van der Waals surface area contributed by atoms with Crippen LogP contribution in [0.25, 0.3) is 6.08 Å². The molecule has 5 heteroatoms. The van der Waals surface area contributed by atoms with Gasteiger partial charge in [0, 0.05) is 17.2 Å². The van der Waals surface area contributed by atoms with Gasteiger partial charge in [-0.2, -0.15) is 0 Å². The fourth-order valence-corrected chi connectivity index (χ4v) is 1.80. The molecular weight excluding hydrogens is 278 g/mol. The zero-order valence-corrected chi connectivity index (χ0v) is 11.9. The maximum absolute atomic E-state index is 11.8. The van der Waals surface area contributed by atoms with Gasteiger partial charge in [0.05, 0.1) is 19.1 Å². The van der Waals surface area contributed by atoms with E-state index in [-0.39, 0.29) is 5.91 Å². The smallest absolute Gasteiger partial charge is 0.248 e. The Morgan fingerprint density at radius 1 is 1.45 bits per heavy atom. The van der Waals surface area contributed by atoms with E-state index in [1.165, 1.54) is 13.2 Å². The molecule has 0 aliphatic heterocycles. The van der Waals surface area contributed by atoms with Gasteiger partial charge in [-0.1, -0.05) is 11.6 Å². The molecule has 0 radical (unpaired) electrons. The summed E-state index contributed by atoms with van der Waals surface area (Å²) in [7, 11) is 1.52. The highest BCUT2D eigenvalue weighted by molar-refractivity contribution is 6.31. The second-order valence-electron chi connectivity index (χ2n) is 4.14. The van der Waals surface area contributed by atoms with Crippen LogP contribution in [-0.2, 0) is 4.79 Å². The van der Waals surface area contributed by atoms with Crippen molar-refractivity contribution in [3.63, 3.8) is 0 Å². The third-order valence-electron chi connectivity index (χ3n) is 2.68. The van der Waals surface area contributed by atoms with Gasteiger partial charge in [0.25, 0.3) is 0 Å².